The van der Waals surface area contributed by atoms with Gasteiger partial charge in [-0.05, 0) is 23.8 Å². The molecule has 25 heavy (non-hydrogen) atoms. The lowest BCUT2D eigenvalue weighted by Gasteiger charge is -2.28. The Bertz CT molecular complexity index is 803. The van der Waals surface area contributed by atoms with E-state index < -0.39 is 29.8 Å². The van der Waals surface area contributed by atoms with Crippen LogP contribution in [0.3, 0.4) is 0 Å². The van der Waals surface area contributed by atoms with Gasteiger partial charge in [-0.1, -0.05) is 18.2 Å². The summed E-state index contributed by atoms with van der Waals surface area (Å²) in [6, 6.07) is 8.76. The third-order valence-corrected chi connectivity index (χ3v) is 4.49. The molecule has 0 unspecified atom stereocenters. The topological polar surface area (TPSA) is 59.0 Å². The first-order valence-corrected chi connectivity index (χ1v) is 7.88. The van der Waals surface area contributed by atoms with Gasteiger partial charge >= 0.3 is 5.97 Å². The lowest BCUT2D eigenvalue weighted by Crippen LogP contribution is -2.39. The minimum absolute atomic E-state index is 0.200. The number of carboxylic acid groups (broad SMARTS) is 1. The van der Waals surface area contributed by atoms with Crippen LogP contribution in [0.15, 0.2) is 36.4 Å². The summed E-state index contributed by atoms with van der Waals surface area (Å²) < 4.78 is 38.9. The fraction of sp³-hybridized carbons (Fsp3) is 0.278. The molecule has 2 aromatic rings. The zero-order chi connectivity index (χ0) is 17.6. The Morgan fingerprint density at radius 3 is 2.16 bits per heavy atom. The number of aromatic carboxylic acids is 1. The van der Waals surface area contributed by atoms with Gasteiger partial charge in [-0.2, -0.15) is 0 Å². The summed E-state index contributed by atoms with van der Waals surface area (Å²) in [5, 5.41) is 9.27. The predicted octanol–water partition coefficient (Wildman–Crippen LogP) is 2.69. The summed E-state index contributed by atoms with van der Waals surface area (Å²) >= 11 is 0. The molecule has 0 aromatic heterocycles. The van der Waals surface area contributed by atoms with Crippen molar-refractivity contribution in [1.82, 2.24) is 4.90 Å². The Balaban J connectivity index is 1.53. The summed E-state index contributed by atoms with van der Waals surface area (Å²) in [5.74, 6) is -2.71. The molecule has 2 heterocycles. The second-order valence-corrected chi connectivity index (χ2v) is 6.16. The van der Waals surface area contributed by atoms with E-state index in [1.807, 2.05) is 4.90 Å². The molecule has 1 saturated heterocycles. The Kier molecular flexibility index (Phi) is 3.80. The van der Waals surface area contributed by atoms with Gasteiger partial charge in [0.15, 0.2) is 11.6 Å². The third-order valence-electron chi connectivity index (χ3n) is 4.49. The van der Waals surface area contributed by atoms with E-state index in [1.165, 1.54) is 0 Å². The van der Waals surface area contributed by atoms with Crippen LogP contribution >= 0.6 is 0 Å². The number of carboxylic acids is 1. The molecular weight excluding hydrogens is 332 g/mol. The van der Waals surface area contributed by atoms with E-state index in [2.05, 4.69) is 0 Å². The highest BCUT2D eigenvalue weighted by molar-refractivity contribution is 5.89. The zero-order valence-corrected chi connectivity index (χ0v) is 13.1. The van der Waals surface area contributed by atoms with Gasteiger partial charge in [0, 0.05) is 19.6 Å². The maximum atomic E-state index is 13.8. The van der Waals surface area contributed by atoms with Crippen LogP contribution in [0.4, 0.5) is 8.78 Å². The van der Waals surface area contributed by atoms with E-state index in [-0.39, 0.29) is 17.1 Å². The number of carbonyl (C=O) groups is 1. The lowest BCUT2D eigenvalue weighted by molar-refractivity contribution is 0.0467. The van der Waals surface area contributed by atoms with E-state index in [0.29, 0.717) is 25.2 Å². The number of benzene rings is 2. The second-order valence-electron chi connectivity index (χ2n) is 6.16. The van der Waals surface area contributed by atoms with Crippen molar-refractivity contribution < 1.29 is 28.2 Å². The Morgan fingerprint density at radius 2 is 1.60 bits per heavy atom. The highest BCUT2D eigenvalue weighted by Gasteiger charge is 2.42. The zero-order valence-electron chi connectivity index (χ0n) is 13.1. The molecule has 0 spiro atoms. The molecule has 2 aromatic carbocycles. The average molecular weight is 347 g/mol. The van der Waals surface area contributed by atoms with Crippen molar-refractivity contribution in [3.63, 3.8) is 0 Å². The van der Waals surface area contributed by atoms with Crippen molar-refractivity contribution in [2.75, 3.05) is 13.1 Å². The molecule has 0 amide bonds. The van der Waals surface area contributed by atoms with Gasteiger partial charge in [0.25, 0.3) is 0 Å². The molecular formula is C18H15F2NO4. The van der Waals surface area contributed by atoms with Crippen molar-refractivity contribution in [2.45, 2.75) is 18.8 Å². The van der Waals surface area contributed by atoms with Crippen molar-refractivity contribution in [3.8, 4) is 11.5 Å². The summed E-state index contributed by atoms with van der Waals surface area (Å²) in [6.07, 6.45) is -0.860. The highest BCUT2D eigenvalue weighted by atomic mass is 19.1. The summed E-state index contributed by atoms with van der Waals surface area (Å²) in [5.41, 5.74) is 0.906. The summed E-state index contributed by atoms with van der Waals surface area (Å²) in [7, 11) is 0. The largest absolute Gasteiger partial charge is 0.478 e. The smallest absolute Gasteiger partial charge is 0.336 e. The van der Waals surface area contributed by atoms with Gasteiger partial charge in [0.05, 0.1) is 5.56 Å². The van der Waals surface area contributed by atoms with Crippen molar-refractivity contribution in [1.29, 1.82) is 0 Å². The molecule has 1 N–H and O–H groups in total. The molecule has 0 aliphatic carbocycles. The summed E-state index contributed by atoms with van der Waals surface area (Å²) in [4.78, 5) is 13.3. The molecule has 0 bridgehead atoms. The van der Waals surface area contributed by atoms with Crippen molar-refractivity contribution >= 4 is 5.97 Å². The summed E-state index contributed by atoms with van der Waals surface area (Å²) in [6.45, 7) is 1.27. The highest BCUT2D eigenvalue weighted by Crippen LogP contribution is 2.40. The molecule has 0 saturated carbocycles. The maximum absolute atomic E-state index is 13.8. The number of likely N-dealkylation sites (tertiary alicyclic amines) is 1. The fourth-order valence-electron chi connectivity index (χ4n) is 3.32. The van der Waals surface area contributed by atoms with Crippen LogP contribution < -0.4 is 9.47 Å². The van der Waals surface area contributed by atoms with Gasteiger partial charge in [-0.3, -0.25) is 4.90 Å². The van der Waals surface area contributed by atoms with Gasteiger partial charge in [-0.15, -0.1) is 0 Å². The number of ether oxygens (including phenoxy) is 2. The van der Waals surface area contributed by atoms with Crippen LogP contribution in [-0.4, -0.2) is 41.3 Å². The average Bonchev–Trinajstić information content (AvgIpc) is 2.98. The molecule has 2 aliphatic rings. The van der Waals surface area contributed by atoms with Crippen LogP contribution in [-0.2, 0) is 6.54 Å². The van der Waals surface area contributed by atoms with E-state index >= 15 is 0 Å². The van der Waals surface area contributed by atoms with Gasteiger partial charge in [0.2, 0.25) is 11.5 Å². The van der Waals surface area contributed by atoms with Crippen LogP contribution in [0.2, 0.25) is 0 Å². The van der Waals surface area contributed by atoms with E-state index in [4.69, 9.17) is 9.47 Å². The third kappa shape index (κ3) is 2.80. The molecule has 7 heteroatoms. The van der Waals surface area contributed by atoms with Crippen molar-refractivity contribution in [3.05, 3.63) is 59.2 Å². The molecule has 2 atom stereocenters. The normalized spacial score (nSPS) is 21.8. The van der Waals surface area contributed by atoms with E-state index in [9.17, 15) is 18.7 Å². The molecule has 130 valence electrons. The minimum Gasteiger partial charge on any atom is -0.478 e. The van der Waals surface area contributed by atoms with E-state index in [0.717, 1.165) is 12.1 Å². The first kappa shape index (κ1) is 15.8. The van der Waals surface area contributed by atoms with E-state index in [1.54, 1.807) is 24.3 Å². The van der Waals surface area contributed by atoms with Crippen molar-refractivity contribution in [2.24, 2.45) is 0 Å². The second kappa shape index (κ2) is 6.00. The number of hydrogen-bond donors (Lipinski definition) is 1. The molecule has 1 fully saturated rings. The number of halogens is 2. The quantitative estimate of drug-likeness (QED) is 0.925. The lowest BCUT2D eigenvalue weighted by atomic mass is 10.1. The van der Waals surface area contributed by atoms with Gasteiger partial charge < -0.3 is 14.6 Å². The maximum Gasteiger partial charge on any atom is 0.336 e. The molecule has 2 aliphatic heterocycles. The minimum atomic E-state index is -0.990. The number of fused-ring (bicyclic) bond motifs is 2. The first-order valence-electron chi connectivity index (χ1n) is 7.88. The molecule has 4 rings (SSSR count). The van der Waals surface area contributed by atoms with Gasteiger partial charge in [0.1, 0.15) is 12.2 Å². The molecule has 5 nitrogen and oxygen atoms in total. The predicted molar refractivity (Wildman–Crippen MR) is 83.9 cm³/mol. The standard InChI is InChI=1S/C18H15F2NO4/c19-12-5-6-13(20)17-16(12)24-14-8-21(9-15(14)25-17)7-10-3-1-2-4-11(10)18(22)23/h1-6,14-15H,7-9H2,(H,22,23)/t14-,15+. The van der Waals surface area contributed by atoms with Crippen LogP contribution in [0, 0.1) is 11.6 Å². The number of rotatable bonds is 3. The number of hydrogen-bond acceptors (Lipinski definition) is 4. The monoisotopic (exact) mass is 347 g/mol. The SMILES string of the molecule is O=C(O)c1ccccc1CN1C[C@@H]2Oc3c(F)ccc(F)c3O[C@@H]2C1. The first-order chi connectivity index (χ1) is 12.0. The molecule has 0 radical (unpaired) electrons. The Hall–Kier alpha value is -2.67. The Labute approximate surface area is 142 Å². The Morgan fingerprint density at radius 1 is 1.04 bits per heavy atom. The van der Waals surface area contributed by atoms with Crippen LogP contribution in [0.5, 0.6) is 11.5 Å². The van der Waals surface area contributed by atoms with Gasteiger partial charge in [-0.25, -0.2) is 13.6 Å². The van der Waals surface area contributed by atoms with Crippen LogP contribution in [0.1, 0.15) is 15.9 Å². The fourth-order valence-corrected chi connectivity index (χ4v) is 3.32. The van der Waals surface area contributed by atoms with Crippen LogP contribution in [0.25, 0.3) is 0 Å². The number of nitrogens with zero attached hydrogens (tertiary/aromatic N) is 1.